The van der Waals surface area contributed by atoms with Gasteiger partial charge in [0.2, 0.25) is 0 Å². The predicted molar refractivity (Wildman–Crippen MR) is 185 cm³/mol. The zero-order valence-corrected chi connectivity index (χ0v) is 26.7. The molecule has 0 unspecified atom stereocenters. The van der Waals surface area contributed by atoms with Gasteiger partial charge in [0, 0.05) is 0 Å². The highest BCUT2D eigenvalue weighted by molar-refractivity contribution is 6.03. The highest BCUT2D eigenvalue weighted by Crippen LogP contribution is 2.23. The van der Waals surface area contributed by atoms with Crippen molar-refractivity contribution in [1.29, 1.82) is 0 Å². The lowest BCUT2D eigenvalue weighted by Gasteiger charge is -2.07. The van der Waals surface area contributed by atoms with Crippen LogP contribution in [-0.4, -0.2) is 32.8 Å². The van der Waals surface area contributed by atoms with Gasteiger partial charge in [-0.2, -0.15) is 0 Å². The molecule has 0 aliphatic heterocycles. The van der Waals surface area contributed by atoms with Crippen molar-refractivity contribution in [3.8, 4) is 0 Å². The molecule has 3 aromatic carbocycles. The van der Waals surface area contributed by atoms with Crippen molar-refractivity contribution in [2.75, 3.05) is 0 Å². The van der Waals surface area contributed by atoms with Gasteiger partial charge >= 0.3 is 0 Å². The number of nitrogens with zero attached hydrogens (tertiary/aromatic N) is 6. The van der Waals surface area contributed by atoms with Crippen molar-refractivity contribution >= 4 is 45.6 Å². The number of benzene rings is 3. The number of hydrogen-bond donors (Lipinski definition) is 0. The van der Waals surface area contributed by atoms with Crippen LogP contribution in [0.5, 0.6) is 0 Å². The van der Waals surface area contributed by atoms with Crippen LogP contribution in [0.1, 0.15) is 61.6 Å². The number of aromatic nitrogens is 2. The summed E-state index contributed by atoms with van der Waals surface area (Å²) in [6.07, 6.45) is 0. The van der Waals surface area contributed by atoms with Crippen LogP contribution in [0.15, 0.2) is 117 Å². The molecule has 0 fully saturated rings. The lowest BCUT2D eigenvalue weighted by Crippen LogP contribution is -2.05. The molecule has 2 heterocycles. The molecule has 0 N–H and O–H groups in total. The highest BCUT2D eigenvalue weighted by atomic mass is 19.1. The summed E-state index contributed by atoms with van der Waals surface area (Å²) in [5.74, 6) is -0.650. The maximum absolute atomic E-state index is 13.7. The van der Waals surface area contributed by atoms with Crippen LogP contribution < -0.4 is 0 Å². The van der Waals surface area contributed by atoms with E-state index < -0.39 is 0 Å². The van der Waals surface area contributed by atoms with E-state index in [0.717, 1.165) is 45.3 Å². The van der Waals surface area contributed by atoms with Crippen LogP contribution in [0, 0.1) is 25.5 Å². The fourth-order valence-electron chi connectivity index (χ4n) is 4.66. The Kier molecular flexibility index (Phi) is 9.76. The number of rotatable bonds is 8. The van der Waals surface area contributed by atoms with Crippen molar-refractivity contribution in [1.82, 2.24) is 9.97 Å². The molecule has 0 amide bonds. The molecule has 46 heavy (non-hydrogen) atoms. The molecule has 6 nitrogen and oxygen atoms in total. The topological polar surface area (TPSA) is 75.2 Å². The third-order valence-electron chi connectivity index (χ3n) is 7.34. The maximum atomic E-state index is 13.7. The molecule has 0 saturated heterocycles. The zero-order chi connectivity index (χ0) is 32.8. The van der Waals surface area contributed by atoms with Gasteiger partial charge in [0.05, 0.1) is 68.4 Å². The minimum Gasteiger partial charge on any atom is -0.252 e. The molecule has 230 valence electrons. The SMILES string of the molecule is C/C(=N\c1ccc(/N=C(\C)c2cccc(/C(C)=N/c3cc(F)ccc3C)n2)cc1)c1cccc(/C(C)=N/c2cc(F)ccc2C)n1. The Hall–Kier alpha value is -5.50. The summed E-state index contributed by atoms with van der Waals surface area (Å²) in [6, 6.07) is 28.1. The van der Waals surface area contributed by atoms with E-state index in [1.54, 1.807) is 12.1 Å². The van der Waals surface area contributed by atoms with Gasteiger partial charge in [0.25, 0.3) is 0 Å². The largest absolute Gasteiger partial charge is 0.252 e. The molecular formula is C38H34F2N6. The molecule has 0 atom stereocenters. The lowest BCUT2D eigenvalue weighted by atomic mass is 10.1. The van der Waals surface area contributed by atoms with E-state index in [0.29, 0.717) is 34.2 Å². The number of halogens is 2. The third kappa shape index (κ3) is 7.95. The van der Waals surface area contributed by atoms with Crippen molar-refractivity contribution in [3.05, 3.63) is 143 Å². The molecule has 5 rings (SSSR count). The lowest BCUT2D eigenvalue weighted by molar-refractivity contribution is 0.627. The fraction of sp³-hybridized carbons (Fsp3) is 0.158. The summed E-state index contributed by atoms with van der Waals surface area (Å²) in [5, 5.41) is 0. The number of hydrogen-bond acceptors (Lipinski definition) is 6. The van der Waals surface area contributed by atoms with E-state index in [-0.39, 0.29) is 11.6 Å². The Morgan fingerprint density at radius 1 is 0.457 bits per heavy atom. The van der Waals surface area contributed by atoms with E-state index in [1.165, 1.54) is 24.3 Å². The Morgan fingerprint density at radius 3 is 1.13 bits per heavy atom. The number of pyridine rings is 2. The summed E-state index contributed by atoms with van der Waals surface area (Å²) in [6.45, 7) is 11.3. The first-order valence-electron chi connectivity index (χ1n) is 14.8. The minimum atomic E-state index is -0.325. The maximum Gasteiger partial charge on any atom is 0.125 e. The van der Waals surface area contributed by atoms with E-state index >= 15 is 0 Å². The van der Waals surface area contributed by atoms with Crippen molar-refractivity contribution in [3.63, 3.8) is 0 Å². The van der Waals surface area contributed by atoms with Gasteiger partial charge in [-0.1, -0.05) is 24.3 Å². The van der Waals surface area contributed by atoms with Gasteiger partial charge in [0.15, 0.2) is 0 Å². The molecular weight excluding hydrogens is 578 g/mol. The predicted octanol–water partition coefficient (Wildman–Crippen LogP) is 9.93. The Balaban J connectivity index is 1.31. The van der Waals surface area contributed by atoms with Gasteiger partial charge in [-0.25, -0.2) is 18.7 Å². The molecule has 0 radical (unpaired) electrons. The third-order valence-corrected chi connectivity index (χ3v) is 7.34. The first-order valence-corrected chi connectivity index (χ1v) is 14.8. The molecule has 2 aromatic heterocycles. The normalized spacial score (nSPS) is 12.9. The highest BCUT2D eigenvalue weighted by Gasteiger charge is 2.09. The average molecular weight is 613 g/mol. The summed E-state index contributed by atoms with van der Waals surface area (Å²) in [5.41, 5.74) is 10.2. The van der Waals surface area contributed by atoms with Crippen LogP contribution in [0.25, 0.3) is 0 Å². The van der Waals surface area contributed by atoms with Crippen LogP contribution in [0.3, 0.4) is 0 Å². The number of aliphatic imine (C=N–C) groups is 4. The summed E-state index contributed by atoms with van der Waals surface area (Å²) in [4.78, 5) is 28.2. The van der Waals surface area contributed by atoms with Crippen LogP contribution in [0.4, 0.5) is 31.5 Å². The second kappa shape index (κ2) is 14.1. The van der Waals surface area contributed by atoms with Gasteiger partial charge in [-0.05, 0) is 125 Å². The van der Waals surface area contributed by atoms with Crippen LogP contribution in [-0.2, 0) is 0 Å². The van der Waals surface area contributed by atoms with Crippen molar-refractivity contribution in [2.45, 2.75) is 41.5 Å². The second-order valence-electron chi connectivity index (χ2n) is 11.0. The smallest absolute Gasteiger partial charge is 0.125 e. The Bertz CT molecular complexity index is 1880. The van der Waals surface area contributed by atoms with E-state index in [1.807, 2.05) is 102 Å². The van der Waals surface area contributed by atoms with Crippen molar-refractivity contribution in [2.24, 2.45) is 20.0 Å². The Morgan fingerprint density at radius 2 is 0.783 bits per heavy atom. The molecule has 5 aromatic rings. The number of aryl methyl sites for hydroxylation is 2. The molecule has 8 heteroatoms. The summed E-state index contributed by atoms with van der Waals surface area (Å²) in [7, 11) is 0. The van der Waals surface area contributed by atoms with Crippen molar-refractivity contribution < 1.29 is 8.78 Å². The van der Waals surface area contributed by atoms with Crippen LogP contribution in [0.2, 0.25) is 0 Å². The van der Waals surface area contributed by atoms with Gasteiger partial charge in [0.1, 0.15) is 11.6 Å². The fourth-order valence-corrected chi connectivity index (χ4v) is 4.66. The van der Waals surface area contributed by atoms with Gasteiger partial charge in [-0.3, -0.25) is 20.0 Å². The molecule has 0 bridgehead atoms. The first-order chi connectivity index (χ1) is 22.0. The molecule has 0 aliphatic rings. The average Bonchev–Trinajstić information content (AvgIpc) is 3.05. The van der Waals surface area contributed by atoms with E-state index in [4.69, 9.17) is 20.0 Å². The van der Waals surface area contributed by atoms with E-state index in [9.17, 15) is 8.78 Å². The minimum absolute atomic E-state index is 0.325. The summed E-state index contributed by atoms with van der Waals surface area (Å²) < 4.78 is 27.5. The monoisotopic (exact) mass is 612 g/mol. The van der Waals surface area contributed by atoms with Crippen LogP contribution >= 0.6 is 0 Å². The molecule has 0 saturated carbocycles. The Labute approximate surface area is 268 Å². The van der Waals surface area contributed by atoms with Gasteiger partial charge < -0.3 is 0 Å². The quantitative estimate of drug-likeness (QED) is 0.164. The molecule has 0 spiro atoms. The summed E-state index contributed by atoms with van der Waals surface area (Å²) >= 11 is 0. The first kappa shape index (κ1) is 31.9. The standard InChI is InChI=1S/C38H34F2N6/c1-23-13-15-29(39)21-37(23)43-27(5)35-11-7-9-33(45-35)25(3)41-31-17-19-32(20-18-31)42-26(4)34-10-8-12-36(46-34)28(6)44-38-22-30(40)16-14-24(38)2/h7-22H,1-6H3/b41-25+,42-26+,43-27+,44-28+. The zero-order valence-electron chi connectivity index (χ0n) is 26.7. The van der Waals surface area contributed by atoms with E-state index in [2.05, 4.69) is 9.98 Å². The molecule has 0 aliphatic carbocycles. The van der Waals surface area contributed by atoms with Gasteiger partial charge in [-0.15, -0.1) is 0 Å². The second-order valence-corrected chi connectivity index (χ2v) is 11.0.